The summed E-state index contributed by atoms with van der Waals surface area (Å²) in [6.07, 6.45) is 0.718. The first kappa shape index (κ1) is 10.5. The lowest BCUT2D eigenvalue weighted by atomic mass is 10.1. The van der Waals surface area contributed by atoms with E-state index in [0.29, 0.717) is 0 Å². The fraction of sp³-hybridized carbons (Fsp3) is 0.167. The highest BCUT2D eigenvalue weighted by Crippen LogP contribution is 2.21. The van der Waals surface area contributed by atoms with Crippen molar-refractivity contribution < 1.29 is 19.7 Å². The fourth-order valence-corrected chi connectivity index (χ4v) is 1.10. The lowest BCUT2D eigenvalue weighted by Gasteiger charge is -2.01. The highest BCUT2D eigenvalue weighted by atomic mass is 16.6. The predicted molar refractivity (Wildman–Crippen MR) is 45.0 cm³/mol. The zero-order valence-electron chi connectivity index (χ0n) is 7.15. The Labute approximate surface area is 81.9 Å². The van der Waals surface area contributed by atoms with Gasteiger partial charge in [0.2, 0.25) is 0 Å². The van der Waals surface area contributed by atoms with E-state index >= 15 is 0 Å². The SMILES string of the molecule is [N-]=[N+]=C1CC=C(O)C([N+](=O)[O-])=C1[N+](=O)[O-]. The van der Waals surface area contributed by atoms with Gasteiger partial charge in [-0.25, -0.2) is 0 Å². The monoisotopic (exact) mass is 212 g/mol. The summed E-state index contributed by atoms with van der Waals surface area (Å²) >= 11 is 0. The molecule has 0 heterocycles. The largest absolute Gasteiger partial charge is 0.502 e. The fourth-order valence-electron chi connectivity index (χ4n) is 1.10. The molecule has 0 atom stereocenters. The molecule has 0 unspecified atom stereocenters. The zero-order valence-corrected chi connectivity index (χ0v) is 7.15. The van der Waals surface area contributed by atoms with Crippen LogP contribution in [-0.4, -0.2) is 25.5 Å². The quantitative estimate of drug-likeness (QED) is 0.302. The van der Waals surface area contributed by atoms with Gasteiger partial charge in [0.25, 0.3) is 0 Å². The molecule has 1 aliphatic carbocycles. The Morgan fingerprint density at radius 3 is 2.27 bits per heavy atom. The Kier molecular flexibility index (Phi) is 2.59. The van der Waals surface area contributed by atoms with Crippen LogP contribution < -0.4 is 0 Å². The normalized spacial score (nSPS) is 15.7. The molecule has 0 spiro atoms. The van der Waals surface area contributed by atoms with Gasteiger partial charge in [0.05, 0.1) is 16.3 Å². The number of aliphatic hydroxyl groups excluding tert-OH is 1. The van der Waals surface area contributed by atoms with Gasteiger partial charge in [0.1, 0.15) is 0 Å². The summed E-state index contributed by atoms with van der Waals surface area (Å²) in [5.41, 5.74) is 5.88. The predicted octanol–water partition coefficient (Wildman–Crippen LogP) is 0.268. The molecule has 1 N–H and O–H groups in total. The van der Waals surface area contributed by atoms with E-state index in [0.717, 1.165) is 6.08 Å². The number of hydrogen-bond acceptors (Lipinski definition) is 5. The Hall–Kier alpha value is -2.54. The smallest absolute Gasteiger partial charge is 0.433 e. The summed E-state index contributed by atoms with van der Waals surface area (Å²) in [5.74, 6) is -0.806. The Balaban J connectivity index is 3.53. The van der Waals surface area contributed by atoms with Crippen molar-refractivity contribution in [3.8, 4) is 0 Å². The maximum absolute atomic E-state index is 10.5. The number of rotatable bonds is 2. The van der Waals surface area contributed by atoms with E-state index in [1.807, 2.05) is 0 Å². The molecule has 0 aliphatic heterocycles. The third kappa shape index (κ3) is 1.71. The minimum Gasteiger partial charge on any atom is -0.502 e. The zero-order chi connectivity index (χ0) is 11.6. The lowest BCUT2D eigenvalue weighted by Crippen LogP contribution is -2.22. The van der Waals surface area contributed by atoms with Crippen LogP contribution >= 0.6 is 0 Å². The van der Waals surface area contributed by atoms with Crippen molar-refractivity contribution in [2.45, 2.75) is 6.42 Å². The van der Waals surface area contributed by atoms with Crippen molar-refractivity contribution in [2.75, 3.05) is 0 Å². The topological polar surface area (TPSA) is 143 Å². The van der Waals surface area contributed by atoms with Crippen molar-refractivity contribution in [3.05, 3.63) is 49.0 Å². The minimum absolute atomic E-state index is 0.240. The maximum atomic E-state index is 10.5. The van der Waals surface area contributed by atoms with Crippen LogP contribution in [0.25, 0.3) is 5.53 Å². The molecular weight excluding hydrogens is 208 g/mol. The van der Waals surface area contributed by atoms with Crippen molar-refractivity contribution in [1.82, 2.24) is 0 Å². The molecule has 0 aromatic rings. The van der Waals surface area contributed by atoms with Crippen molar-refractivity contribution in [1.29, 1.82) is 0 Å². The third-order valence-corrected chi connectivity index (χ3v) is 1.71. The molecule has 0 amide bonds. The number of hydrogen-bond donors (Lipinski definition) is 1. The van der Waals surface area contributed by atoms with E-state index in [1.165, 1.54) is 0 Å². The van der Waals surface area contributed by atoms with E-state index in [9.17, 15) is 20.2 Å². The number of nitrogens with zero attached hydrogens (tertiary/aromatic N) is 4. The van der Waals surface area contributed by atoms with E-state index in [-0.39, 0.29) is 6.42 Å². The van der Waals surface area contributed by atoms with Crippen LogP contribution in [0.3, 0.4) is 0 Å². The first-order valence-corrected chi connectivity index (χ1v) is 3.63. The molecule has 1 aliphatic rings. The molecule has 0 saturated heterocycles. The molecule has 1 rings (SSSR count). The third-order valence-electron chi connectivity index (χ3n) is 1.71. The van der Waals surface area contributed by atoms with Crippen LogP contribution in [0.2, 0.25) is 0 Å². The van der Waals surface area contributed by atoms with E-state index in [1.54, 1.807) is 0 Å². The summed E-state index contributed by atoms with van der Waals surface area (Å²) in [6.45, 7) is 0. The van der Waals surface area contributed by atoms with Gasteiger partial charge in [0.15, 0.2) is 5.76 Å². The highest BCUT2D eigenvalue weighted by Gasteiger charge is 2.44. The van der Waals surface area contributed by atoms with Crippen LogP contribution in [0.5, 0.6) is 0 Å². The molecule has 0 fully saturated rings. The van der Waals surface area contributed by atoms with Gasteiger partial charge in [0, 0.05) is 0 Å². The van der Waals surface area contributed by atoms with Gasteiger partial charge in [-0.3, -0.25) is 20.2 Å². The highest BCUT2D eigenvalue weighted by molar-refractivity contribution is 5.96. The minimum atomic E-state index is -1.10. The van der Waals surface area contributed by atoms with Crippen molar-refractivity contribution >= 4 is 5.71 Å². The summed E-state index contributed by atoms with van der Waals surface area (Å²) in [5, 5.41) is 30.0. The average Bonchev–Trinajstić information content (AvgIpc) is 2.16. The molecule has 9 heteroatoms. The van der Waals surface area contributed by atoms with Gasteiger partial charge in [-0.05, 0) is 6.08 Å². The summed E-state index contributed by atoms with van der Waals surface area (Å²) < 4.78 is 0. The van der Waals surface area contributed by atoms with Crippen LogP contribution in [0.15, 0.2) is 23.2 Å². The second kappa shape index (κ2) is 3.68. The van der Waals surface area contributed by atoms with Crippen LogP contribution in [0.4, 0.5) is 0 Å². The molecule has 78 valence electrons. The first-order valence-electron chi connectivity index (χ1n) is 3.63. The van der Waals surface area contributed by atoms with Crippen molar-refractivity contribution in [2.24, 2.45) is 0 Å². The number of allylic oxidation sites excluding steroid dienone is 2. The summed E-state index contributed by atoms with van der Waals surface area (Å²) in [6, 6.07) is 0. The van der Waals surface area contributed by atoms with Gasteiger partial charge in [-0.2, -0.15) is 4.79 Å². The number of nitro groups is 2. The molecule has 0 aromatic carbocycles. The molecule has 9 nitrogen and oxygen atoms in total. The second-order valence-electron chi connectivity index (χ2n) is 2.55. The summed E-state index contributed by atoms with van der Waals surface area (Å²) in [7, 11) is 0. The average molecular weight is 212 g/mol. The molecule has 0 bridgehead atoms. The standard InChI is InChI=1S/C6H4N4O5/c7-8-3-1-2-4(11)6(10(14)15)5(3)9(12)13/h2,11H,1H2. The Morgan fingerprint density at radius 1 is 1.33 bits per heavy atom. The molecule has 0 saturated carbocycles. The van der Waals surface area contributed by atoms with Gasteiger partial charge in [-0.15, -0.1) is 0 Å². The Morgan fingerprint density at radius 2 is 1.87 bits per heavy atom. The van der Waals surface area contributed by atoms with Gasteiger partial charge in [-0.1, -0.05) is 0 Å². The number of aliphatic hydroxyl groups is 1. The molecule has 15 heavy (non-hydrogen) atoms. The van der Waals surface area contributed by atoms with Gasteiger partial charge >= 0.3 is 17.1 Å². The van der Waals surface area contributed by atoms with Crippen LogP contribution in [-0.2, 0) is 0 Å². The van der Waals surface area contributed by atoms with Crippen LogP contribution in [0, 0.1) is 20.2 Å². The van der Waals surface area contributed by atoms with E-state index in [2.05, 4.69) is 4.79 Å². The van der Waals surface area contributed by atoms with Crippen molar-refractivity contribution in [3.63, 3.8) is 0 Å². The first-order chi connectivity index (χ1) is 6.99. The molecule has 0 aromatic heterocycles. The van der Waals surface area contributed by atoms with E-state index in [4.69, 9.17) is 10.6 Å². The molecule has 0 radical (unpaired) electrons. The second-order valence-corrected chi connectivity index (χ2v) is 2.55. The van der Waals surface area contributed by atoms with Gasteiger partial charge < -0.3 is 10.6 Å². The Bertz CT molecular complexity index is 456. The summed E-state index contributed by atoms with van der Waals surface area (Å²) in [4.78, 5) is 21.3. The van der Waals surface area contributed by atoms with Crippen LogP contribution in [0.1, 0.15) is 6.42 Å². The maximum Gasteiger partial charge on any atom is 0.433 e. The molecular formula is C6H4N4O5. The lowest BCUT2D eigenvalue weighted by molar-refractivity contribution is -0.466. The van der Waals surface area contributed by atoms with E-state index < -0.39 is 32.7 Å².